The van der Waals surface area contributed by atoms with Crippen molar-refractivity contribution in [2.45, 2.75) is 30.3 Å². The van der Waals surface area contributed by atoms with E-state index in [0.29, 0.717) is 28.8 Å². The van der Waals surface area contributed by atoms with Gasteiger partial charge in [-0.05, 0) is 29.7 Å². The zero-order valence-electron chi connectivity index (χ0n) is 18.5. The quantitative estimate of drug-likeness (QED) is 0.211. The van der Waals surface area contributed by atoms with Crippen LogP contribution in [0.4, 0.5) is 5.69 Å². The number of nitro benzene ring substituents is 1. The lowest BCUT2D eigenvalue weighted by Crippen LogP contribution is -2.30. The summed E-state index contributed by atoms with van der Waals surface area (Å²) in [5.74, 6) is 1.05. The Hall–Kier alpha value is -3.98. The number of carbonyl (C=O) groups is 1. The number of rotatable bonds is 9. The summed E-state index contributed by atoms with van der Waals surface area (Å²) in [6.07, 6.45) is 0.523. The van der Waals surface area contributed by atoms with Gasteiger partial charge in [-0.15, -0.1) is 10.2 Å². The molecule has 0 spiro atoms. The van der Waals surface area contributed by atoms with Crippen LogP contribution in [0.25, 0.3) is 5.69 Å². The fourth-order valence-corrected chi connectivity index (χ4v) is 4.51. The highest BCUT2D eigenvalue weighted by Crippen LogP contribution is 2.29. The molecular weight excluding hydrogens is 450 g/mol. The Labute approximate surface area is 201 Å². The van der Waals surface area contributed by atoms with Crippen molar-refractivity contribution in [2.75, 3.05) is 0 Å². The van der Waals surface area contributed by atoms with E-state index in [1.807, 2.05) is 65.2 Å². The first kappa shape index (κ1) is 23.2. The smallest absolute Gasteiger partial charge is 0.269 e. The molecule has 0 saturated heterocycles. The van der Waals surface area contributed by atoms with Gasteiger partial charge in [-0.1, -0.05) is 72.4 Å². The van der Waals surface area contributed by atoms with Crippen molar-refractivity contribution in [3.63, 3.8) is 0 Å². The molecule has 1 aromatic heterocycles. The third-order valence-corrected chi connectivity index (χ3v) is 6.16. The van der Waals surface area contributed by atoms with Crippen LogP contribution in [0.5, 0.6) is 0 Å². The van der Waals surface area contributed by atoms with Crippen LogP contribution in [0.3, 0.4) is 0 Å². The molecule has 4 rings (SSSR count). The second-order valence-electron chi connectivity index (χ2n) is 7.67. The van der Waals surface area contributed by atoms with Gasteiger partial charge in [0, 0.05) is 30.5 Å². The lowest BCUT2D eigenvalue weighted by molar-refractivity contribution is -0.384. The summed E-state index contributed by atoms with van der Waals surface area (Å²) in [5.41, 5.74) is 2.86. The molecule has 0 radical (unpaired) electrons. The average molecular weight is 474 g/mol. The van der Waals surface area contributed by atoms with Gasteiger partial charge in [-0.25, -0.2) is 0 Å². The zero-order valence-corrected chi connectivity index (χ0v) is 19.3. The maximum absolute atomic E-state index is 12.1. The molecule has 0 bridgehead atoms. The number of hydrogen-bond donors (Lipinski definition) is 1. The highest BCUT2D eigenvalue weighted by molar-refractivity contribution is 7.98. The predicted octanol–water partition coefficient (Wildman–Crippen LogP) is 4.89. The fraction of sp³-hybridized carbons (Fsp3) is 0.160. The van der Waals surface area contributed by atoms with Crippen LogP contribution in [0.15, 0.2) is 90.1 Å². The number of nitrogens with one attached hydrogen (secondary N) is 1. The van der Waals surface area contributed by atoms with E-state index in [-0.39, 0.29) is 11.6 Å². The van der Waals surface area contributed by atoms with Crippen molar-refractivity contribution in [3.05, 3.63) is 112 Å². The minimum absolute atomic E-state index is 0.000408. The third-order valence-electron chi connectivity index (χ3n) is 5.16. The summed E-state index contributed by atoms with van der Waals surface area (Å²) in [6.45, 7) is 1.47. The lowest BCUT2D eigenvalue weighted by atomic mass is 10.1. The number of nitro groups is 1. The number of non-ortho nitro benzene ring substituents is 1. The molecule has 34 heavy (non-hydrogen) atoms. The summed E-state index contributed by atoms with van der Waals surface area (Å²) >= 11 is 1.51. The number of carbonyl (C=O) groups excluding carboxylic acids is 1. The first-order valence-electron chi connectivity index (χ1n) is 10.7. The van der Waals surface area contributed by atoms with Gasteiger partial charge < -0.3 is 5.32 Å². The van der Waals surface area contributed by atoms with E-state index in [1.54, 1.807) is 12.1 Å². The van der Waals surface area contributed by atoms with Crippen LogP contribution in [0, 0.1) is 10.1 Å². The molecule has 1 N–H and O–H groups in total. The van der Waals surface area contributed by atoms with Crippen molar-refractivity contribution in [1.82, 2.24) is 20.1 Å². The lowest BCUT2D eigenvalue weighted by Gasteiger charge is -2.19. The van der Waals surface area contributed by atoms with Crippen molar-refractivity contribution < 1.29 is 9.72 Å². The molecule has 1 atom stereocenters. The minimum atomic E-state index is -0.436. The van der Waals surface area contributed by atoms with Crippen molar-refractivity contribution in [1.29, 1.82) is 0 Å². The molecule has 0 aliphatic carbocycles. The van der Waals surface area contributed by atoms with Gasteiger partial charge >= 0.3 is 0 Å². The molecule has 3 aromatic carbocycles. The van der Waals surface area contributed by atoms with Crippen LogP contribution in [0.2, 0.25) is 0 Å². The fourth-order valence-electron chi connectivity index (χ4n) is 3.59. The van der Waals surface area contributed by atoms with Crippen molar-refractivity contribution in [2.24, 2.45) is 0 Å². The Morgan fingerprint density at radius 3 is 2.18 bits per heavy atom. The van der Waals surface area contributed by atoms with Crippen LogP contribution in [-0.2, 0) is 17.0 Å². The molecule has 0 saturated carbocycles. The number of hydrogen-bond acceptors (Lipinski definition) is 6. The van der Waals surface area contributed by atoms with Gasteiger partial charge in [0.2, 0.25) is 5.91 Å². The van der Waals surface area contributed by atoms with Gasteiger partial charge in [0.15, 0.2) is 11.0 Å². The summed E-state index contributed by atoms with van der Waals surface area (Å²) in [4.78, 5) is 22.8. The van der Waals surface area contributed by atoms with Crippen LogP contribution >= 0.6 is 11.8 Å². The van der Waals surface area contributed by atoms with E-state index in [1.165, 1.54) is 30.8 Å². The molecular formula is C25H23N5O3S. The van der Waals surface area contributed by atoms with Crippen LogP contribution in [0.1, 0.15) is 29.9 Å². The number of amides is 1. The molecule has 8 nitrogen and oxygen atoms in total. The summed E-state index contributed by atoms with van der Waals surface area (Å²) < 4.78 is 1.86. The summed E-state index contributed by atoms with van der Waals surface area (Å²) in [5, 5.41) is 23.7. The summed E-state index contributed by atoms with van der Waals surface area (Å²) in [6, 6.07) is 25.6. The monoisotopic (exact) mass is 473 g/mol. The molecule has 172 valence electrons. The topological polar surface area (TPSA) is 103 Å². The molecule has 1 amide bonds. The van der Waals surface area contributed by atoms with E-state index in [0.717, 1.165) is 11.1 Å². The van der Waals surface area contributed by atoms with Gasteiger partial charge in [0.25, 0.3) is 5.69 Å². The molecule has 1 heterocycles. The van der Waals surface area contributed by atoms with E-state index < -0.39 is 11.0 Å². The average Bonchev–Trinajstić information content (AvgIpc) is 3.27. The Bertz CT molecular complexity index is 1260. The first-order valence-corrected chi connectivity index (χ1v) is 11.7. The van der Waals surface area contributed by atoms with Gasteiger partial charge in [0.1, 0.15) is 0 Å². The van der Waals surface area contributed by atoms with E-state index in [4.69, 9.17) is 0 Å². The molecule has 1 unspecified atom stereocenters. The van der Waals surface area contributed by atoms with Crippen molar-refractivity contribution >= 4 is 23.4 Å². The molecule has 9 heteroatoms. The number of aromatic nitrogens is 3. The second-order valence-corrected chi connectivity index (χ2v) is 8.61. The van der Waals surface area contributed by atoms with Gasteiger partial charge in [0.05, 0.1) is 11.0 Å². The van der Waals surface area contributed by atoms with Crippen LogP contribution < -0.4 is 5.32 Å². The first-order chi connectivity index (χ1) is 16.5. The molecule has 0 aliphatic rings. The Balaban J connectivity index is 1.74. The molecule has 4 aromatic rings. The Kier molecular flexibility index (Phi) is 7.34. The minimum Gasteiger partial charge on any atom is -0.346 e. The largest absolute Gasteiger partial charge is 0.346 e. The van der Waals surface area contributed by atoms with E-state index in [2.05, 4.69) is 15.5 Å². The van der Waals surface area contributed by atoms with Gasteiger partial charge in [-0.2, -0.15) is 0 Å². The SMILES string of the molecule is CC(=O)NC(Cc1ccccc1)c1nnc(SCc2ccccc2)n1-c1ccc([N+](=O)[O-])cc1. The molecule has 0 fully saturated rings. The highest BCUT2D eigenvalue weighted by Gasteiger charge is 2.24. The summed E-state index contributed by atoms with van der Waals surface area (Å²) in [7, 11) is 0. The maximum atomic E-state index is 12.1. The van der Waals surface area contributed by atoms with E-state index >= 15 is 0 Å². The molecule has 0 aliphatic heterocycles. The standard InChI is InChI=1S/C25H23N5O3S/c1-18(31)26-23(16-19-8-4-2-5-9-19)24-27-28-25(34-17-20-10-6-3-7-11-20)29(24)21-12-14-22(15-13-21)30(32)33/h2-15,23H,16-17H2,1H3,(H,26,31). The second kappa shape index (κ2) is 10.8. The third kappa shape index (κ3) is 5.68. The Morgan fingerprint density at radius 2 is 1.59 bits per heavy atom. The zero-order chi connectivity index (χ0) is 23.9. The normalized spacial score (nSPS) is 11.7. The number of benzene rings is 3. The van der Waals surface area contributed by atoms with E-state index in [9.17, 15) is 14.9 Å². The maximum Gasteiger partial charge on any atom is 0.269 e. The highest BCUT2D eigenvalue weighted by atomic mass is 32.2. The Morgan fingerprint density at radius 1 is 0.971 bits per heavy atom. The number of nitrogens with zero attached hydrogens (tertiary/aromatic N) is 4. The van der Waals surface area contributed by atoms with Crippen LogP contribution in [-0.4, -0.2) is 25.6 Å². The number of thioether (sulfide) groups is 1. The van der Waals surface area contributed by atoms with Gasteiger partial charge in [-0.3, -0.25) is 19.5 Å². The predicted molar refractivity (Wildman–Crippen MR) is 131 cm³/mol. The van der Waals surface area contributed by atoms with Crippen molar-refractivity contribution in [3.8, 4) is 5.69 Å².